The molecule has 0 saturated carbocycles. The first-order valence-corrected chi connectivity index (χ1v) is 21.3. The van der Waals surface area contributed by atoms with E-state index in [4.69, 9.17) is 46.1 Å². The number of nitrogens with zero attached hydrogens (tertiary/aromatic N) is 5. The number of halogens is 2. The van der Waals surface area contributed by atoms with Crippen molar-refractivity contribution in [2.24, 2.45) is 42.9 Å². The second-order valence-corrected chi connectivity index (χ2v) is 14.7. The van der Waals surface area contributed by atoms with Gasteiger partial charge in [-0.05, 0) is 67.8 Å². The molecule has 56 heavy (non-hydrogen) atoms. The van der Waals surface area contributed by atoms with Crippen molar-refractivity contribution in [1.82, 2.24) is 0 Å². The first kappa shape index (κ1) is 47.8. The summed E-state index contributed by atoms with van der Waals surface area (Å²) in [6.07, 6.45) is 28.1. The van der Waals surface area contributed by atoms with E-state index in [1.54, 1.807) is 48.5 Å². The summed E-state index contributed by atoms with van der Waals surface area (Å²) in [6.45, 7) is 4.59. The number of aromatic nitrogens is 1. The van der Waals surface area contributed by atoms with Crippen LogP contribution in [0.2, 0.25) is 10.0 Å². The number of hydrogen-bond donors (Lipinski definition) is 6. The van der Waals surface area contributed by atoms with E-state index in [0.29, 0.717) is 23.1 Å². The fourth-order valence-corrected chi connectivity index (χ4v) is 6.02. The number of rotatable bonds is 24. The Balaban J connectivity index is 0.000000425. The summed E-state index contributed by atoms with van der Waals surface area (Å²) >= 11 is 11.7. The molecule has 0 atom stereocenters. The first-order chi connectivity index (χ1) is 27.2. The molecule has 1 heterocycles. The lowest BCUT2D eigenvalue weighted by Crippen LogP contribution is -2.32. The number of anilines is 2. The summed E-state index contributed by atoms with van der Waals surface area (Å²) in [4.78, 5) is 16.5. The van der Waals surface area contributed by atoms with Crippen LogP contribution < -0.4 is 38.1 Å². The normalized spacial score (nSPS) is 12.3. The van der Waals surface area contributed by atoms with Gasteiger partial charge in [-0.25, -0.2) is 4.57 Å². The number of unbranched alkanes of at least 4 members (excludes halogenated alkanes) is 16. The van der Waals surface area contributed by atoms with Gasteiger partial charge in [-0.2, -0.15) is 9.98 Å². The molecule has 0 spiro atoms. The van der Waals surface area contributed by atoms with Crippen LogP contribution in [0.15, 0.2) is 99.1 Å². The van der Waals surface area contributed by atoms with Gasteiger partial charge in [0.25, 0.3) is 0 Å². The standard InChI is InChI=1S/C22H30Cl2N10.C21H38N/c23-15-5-9-17(10-6-15)31-21(27)33-19(25)29-13-3-1-2-4-14-30-20(26)34-22(28)32-18-11-7-16(24)8-12-18;1-2-3-4-5-6-7-8-9-10-11-12-13-14-16-19-22-20-17-15-18-21-22/h5-12H,1-4,13-14H2,(H5,25,27,29,31,33)(H5,26,28,30,32,34);15,17-18,20-21H,2-14,16,19H2,1H3/q;+1. The molecule has 308 valence electrons. The van der Waals surface area contributed by atoms with Crippen LogP contribution in [0.5, 0.6) is 0 Å². The lowest BCUT2D eigenvalue weighted by Gasteiger charge is -2.05. The van der Waals surface area contributed by atoms with Gasteiger partial charge in [0, 0.05) is 53.1 Å². The summed E-state index contributed by atoms with van der Waals surface area (Å²) in [5.41, 5.74) is 24.8. The average Bonchev–Trinajstić information content (AvgIpc) is 3.18. The second kappa shape index (κ2) is 31.8. The lowest BCUT2D eigenvalue weighted by atomic mass is 10.0. The molecule has 0 amide bonds. The molecule has 0 bridgehead atoms. The van der Waals surface area contributed by atoms with Crippen molar-refractivity contribution in [3.8, 4) is 0 Å². The van der Waals surface area contributed by atoms with Crippen molar-refractivity contribution in [3.05, 3.63) is 89.2 Å². The highest BCUT2D eigenvalue weighted by Crippen LogP contribution is 2.15. The van der Waals surface area contributed by atoms with Gasteiger partial charge < -0.3 is 33.6 Å². The summed E-state index contributed by atoms with van der Waals surface area (Å²) < 4.78 is 2.29. The molecule has 0 saturated heterocycles. The van der Waals surface area contributed by atoms with E-state index in [0.717, 1.165) is 37.1 Å². The number of hydrogen-bond acceptors (Lipinski definition) is 2. The Hall–Kier alpha value is -4.35. The van der Waals surface area contributed by atoms with Crippen molar-refractivity contribution in [3.63, 3.8) is 0 Å². The molecule has 0 unspecified atom stereocenters. The molecule has 3 rings (SSSR count). The zero-order valence-corrected chi connectivity index (χ0v) is 35.2. The third-order valence-electron chi connectivity index (χ3n) is 8.86. The third-order valence-corrected chi connectivity index (χ3v) is 9.37. The molecule has 0 aliphatic heterocycles. The van der Waals surface area contributed by atoms with Crippen LogP contribution >= 0.6 is 23.2 Å². The maximum absolute atomic E-state index is 5.85. The third kappa shape index (κ3) is 26.5. The highest BCUT2D eigenvalue weighted by molar-refractivity contribution is 6.31. The van der Waals surface area contributed by atoms with Gasteiger partial charge in [0.1, 0.15) is 6.54 Å². The van der Waals surface area contributed by atoms with Gasteiger partial charge in [-0.3, -0.25) is 9.98 Å². The van der Waals surface area contributed by atoms with E-state index in [2.05, 4.69) is 72.7 Å². The van der Waals surface area contributed by atoms with Crippen molar-refractivity contribution < 1.29 is 4.57 Å². The zero-order valence-electron chi connectivity index (χ0n) is 33.7. The zero-order chi connectivity index (χ0) is 40.5. The maximum atomic E-state index is 5.85. The van der Waals surface area contributed by atoms with Gasteiger partial charge in [-0.15, -0.1) is 0 Å². The number of pyridine rings is 1. The Labute approximate surface area is 346 Å². The summed E-state index contributed by atoms with van der Waals surface area (Å²) in [5.74, 6) is 0.564. The Morgan fingerprint density at radius 2 is 0.857 bits per heavy atom. The molecule has 13 heteroatoms. The van der Waals surface area contributed by atoms with Crippen LogP contribution in [0.1, 0.15) is 122 Å². The molecule has 1 aromatic heterocycles. The van der Waals surface area contributed by atoms with Crippen molar-refractivity contribution in [2.45, 2.75) is 129 Å². The summed E-state index contributed by atoms with van der Waals surface area (Å²) in [5, 5.41) is 7.11. The van der Waals surface area contributed by atoms with E-state index in [1.807, 2.05) is 0 Å². The van der Waals surface area contributed by atoms with E-state index < -0.39 is 0 Å². The number of nitrogens with two attached hydrogens (primary N) is 4. The van der Waals surface area contributed by atoms with Gasteiger partial charge in [-0.1, -0.05) is 126 Å². The first-order valence-electron chi connectivity index (χ1n) is 20.5. The van der Waals surface area contributed by atoms with Gasteiger partial charge >= 0.3 is 0 Å². The molecule has 0 aliphatic carbocycles. The van der Waals surface area contributed by atoms with Gasteiger partial charge in [0.15, 0.2) is 12.4 Å². The minimum atomic E-state index is 0.124. The number of aliphatic imine (C=N–C) groups is 4. The number of aryl methyl sites for hydroxylation is 1. The summed E-state index contributed by atoms with van der Waals surface area (Å²) in [7, 11) is 0. The second-order valence-electron chi connectivity index (χ2n) is 13.9. The quantitative estimate of drug-likeness (QED) is 0.0227. The lowest BCUT2D eigenvalue weighted by molar-refractivity contribution is -0.697. The van der Waals surface area contributed by atoms with Crippen LogP contribution in [0.4, 0.5) is 11.4 Å². The van der Waals surface area contributed by atoms with Gasteiger partial charge in [0.05, 0.1) is 0 Å². The number of nitrogens with one attached hydrogen (secondary N) is 2. The van der Waals surface area contributed by atoms with E-state index in [9.17, 15) is 0 Å². The fraction of sp³-hybridized carbons (Fsp3) is 0.512. The highest BCUT2D eigenvalue weighted by Gasteiger charge is 2.00. The Morgan fingerprint density at radius 1 is 0.500 bits per heavy atom. The number of guanidine groups is 4. The van der Waals surface area contributed by atoms with Crippen molar-refractivity contribution in [2.75, 3.05) is 23.7 Å². The molecular weight excluding hydrogens is 741 g/mol. The maximum Gasteiger partial charge on any atom is 0.218 e. The van der Waals surface area contributed by atoms with Crippen molar-refractivity contribution >= 4 is 58.4 Å². The van der Waals surface area contributed by atoms with Crippen LogP contribution in [0.3, 0.4) is 0 Å². The molecular formula is C43H68Cl2N11+. The smallest absolute Gasteiger partial charge is 0.218 e. The monoisotopic (exact) mass is 809 g/mol. The molecule has 0 aliphatic rings. The van der Waals surface area contributed by atoms with Crippen LogP contribution in [-0.2, 0) is 6.54 Å². The predicted molar refractivity (Wildman–Crippen MR) is 242 cm³/mol. The molecule has 0 fully saturated rings. The Bertz CT molecular complexity index is 1460. The molecule has 3 aromatic rings. The molecule has 2 aromatic carbocycles. The van der Waals surface area contributed by atoms with E-state index in [1.165, 1.54) is 96.4 Å². The Kier molecular flexibility index (Phi) is 27.2. The predicted octanol–water partition coefficient (Wildman–Crippen LogP) is 9.79. The summed E-state index contributed by atoms with van der Waals surface area (Å²) in [6, 6.07) is 20.5. The molecule has 0 radical (unpaired) electrons. The minimum absolute atomic E-state index is 0.124. The number of benzene rings is 2. The highest BCUT2D eigenvalue weighted by atomic mass is 35.5. The van der Waals surface area contributed by atoms with Gasteiger partial charge in [0.2, 0.25) is 23.8 Å². The molecule has 10 N–H and O–H groups in total. The van der Waals surface area contributed by atoms with E-state index in [-0.39, 0.29) is 23.8 Å². The minimum Gasteiger partial charge on any atom is -0.369 e. The van der Waals surface area contributed by atoms with Crippen LogP contribution in [-0.4, -0.2) is 36.9 Å². The van der Waals surface area contributed by atoms with Crippen LogP contribution in [0.25, 0.3) is 0 Å². The van der Waals surface area contributed by atoms with E-state index >= 15 is 0 Å². The Morgan fingerprint density at radius 3 is 1.25 bits per heavy atom. The van der Waals surface area contributed by atoms with Crippen molar-refractivity contribution in [1.29, 1.82) is 0 Å². The van der Waals surface area contributed by atoms with Crippen LogP contribution in [0, 0.1) is 0 Å². The fourth-order valence-electron chi connectivity index (χ4n) is 5.77. The largest absolute Gasteiger partial charge is 0.369 e. The average molecular weight is 810 g/mol. The SMILES string of the molecule is CCCCCCCCCCCCCCCC[n+]1ccccc1.NC(=NCCCCCCN=C(N)N=C(N)Nc1ccc(Cl)cc1)N=C(N)Nc1ccc(Cl)cc1. The molecule has 11 nitrogen and oxygen atoms in total. The topological polar surface area (TPSA) is 181 Å².